The Morgan fingerprint density at radius 3 is 1.88 bits per heavy atom. The van der Waals surface area contributed by atoms with Gasteiger partial charge in [0.1, 0.15) is 18.1 Å². The SMILES string of the molecule is CC(C)CC(N)C(=O)NC(C(=O)NC(CCCCN)C(=O)NC(CC(=O)O)C(=O)O)C(C)O. The summed E-state index contributed by atoms with van der Waals surface area (Å²) in [6, 6.07) is -5.28. The first-order valence-electron chi connectivity index (χ1n) is 10.8. The summed E-state index contributed by atoms with van der Waals surface area (Å²) in [5, 5.41) is 34.8. The number of carboxylic acids is 2. The molecular formula is C20H37N5O8. The van der Waals surface area contributed by atoms with Crippen LogP contribution in [-0.2, 0) is 24.0 Å². The van der Waals surface area contributed by atoms with Crippen molar-refractivity contribution in [3.8, 4) is 0 Å². The Balaban J connectivity index is 5.45. The molecule has 0 heterocycles. The van der Waals surface area contributed by atoms with Crippen LogP contribution in [-0.4, -0.2) is 81.8 Å². The number of nitrogens with two attached hydrogens (primary N) is 2. The summed E-state index contributed by atoms with van der Waals surface area (Å²) in [6.07, 6.45) is -0.850. The maximum Gasteiger partial charge on any atom is 0.326 e. The zero-order valence-electron chi connectivity index (χ0n) is 19.2. The van der Waals surface area contributed by atoms with Crippen molar-refractivity contribution in [2.75, 3.05) is 6.54 Å². The molecule has 0 saturated heterocycles. The van der Waals surface area contributed by atoms with Gasteiger partial charge in [0.25, 0.3) is 0 Å². The topological polar surface area (TPSA) is 234 Å². The molecule has 3 amide bonds. The van der Waals surface area contributed by atoms with Crippen LogP contribution in [0.2, 0.25) is 0 Å². The highest BCUT2D eigenvalue weighted by molar-refractivity contribution is 5.94. The van der Waals surface area contributed by atoms with E-state index in [0.717, 1.165) is 0 Å². The Labute approximate surface area is 192 Å². The Hall–Kier alpha value is -2.77. The van der Waals surface area contributed by atoms with Crippen molar-refractivity contribution in [3.05, 3.63) is 0 Å². The monoisotopic (exact) mass is 475 g/mol. The second-order valence-corrected chi connectivity index (χ2v) is 8.31. The van der Waals surface area contributed by atoms with Gasteiger partial charge >= 0.3 is 11.9 Å². The number of hydrogen-bond donors (Lipinski definition) is 8. The van der Waals surface area contributed by atoms with Crippen molar-refractivity contribution >= 4 is 29.7 Å². The summed E-state index contributed by atoms with van der Waals surface area (Å²) in [5.41, 5.74) is 11.3. The molecule has 33 heavy (non-hydrogen) atoms. The van der Waals surface area contributed by atoms with Crippen molar-refractivity contribution < 1.29 is 39.3 Å². The minimum Gasteiger partial charge on any atom is -0.481 e. The number of unbranched alkanes of at least 4 members (excludes halogenated alkanes) is 1. The van der Waals surface area contributed by atoms with Gasteiger partial charge in [-0.15, -0.1) is 0 Å². The van der Waals surface area contributed by atoms with Gasteiger partial charge < -0.3 is 42.7 Å². The molecule has 13 heteroatoms. The lowest BCUT2D eigenvalue weighted by molar-refractivity contribution is -0.147. The van der Waals surface area contributed by atoms with Crippen molar-refractivity contribution in [2.45, 2.75) is 83.1 Å². The number of carboxylic acid groups (broad SMARTS) is 2. The number of carbonyl (C=O) groups is 5. The van der Waals surface area contributed by atoms with Gasteiger partial charge in [0, 0.05) is 0 Å². The molecular weight excluding hydrogens is 438 g/mol. The molecule has 0 aliphatic heterocycles. The average Bonchev–Trinajstić information content (AvgIpc) is 2.69. The quantitative estimate of drug-likeness (QED) is 0.113. The Bertz CT molecular complexity index is 685. The number of aliphatic hydroxyl groups is 1. The molecule has 13 nitrogen and oxygen atoms in total. The van der Waals surface area contributed by atoms with E-state index in [0.29, 0.717) is 25.8 Å². The highest BCUT2D eigenvalue weighted by Gasteiger charge is 2.32. The van der Waals surface area contributed by atoms with E-state index in [1.165, 1.54) is 6.92 Å². The molecule has 0 saturated carbocycles. The fourth-order valence-electron chi connectivity index (χ4n) is 2.95. The van der Waals surface area contributed by atoms with Crippen LogP contribution in [0.3, 0.4) is 0 Å². The van der Waals surface area contributed by atoms with Gasteiger partial charge in [-0.05, 0) is 45.1 Å². The van der Waals surface area contributed by atoms with E-state index >= 15 is 0 Å². The second kappa shape index (κ2) is 15.1. The van der Waals surface area contributed by atoms with Gasteiger partial charge in [-0.25, -0.2) is 4.79 Å². The summed E-state index contributed by atoms with van der Waals surface area (Å²) >= 11 is 0. The van der Waals surface area contributed by atoms with E-state index < -0.39 is 66.4 Å². The van der Waals surface area contributed by atoms with Crippen LogP contribution in [0.5, 0.6) is 0 Å². The summed E-state index contributed by atoms with van der Waals surface area (Å²) in [7, 11) is 0. The third-order valence-corrected chi connectivity index (χ3v) is 4.70. The van der Waals surface area contributed by atoms with Gasteiger partial charge in [0.05, 0.1) is 18.6 Å². The third-order valence-electron chi connectivity index (χ3n) is 4.70. The Kier molecular flexibility index (Phi) is 13.9. The molecule has 0 aliphatic rings. The minimum atomic E-state index is -1.70. The molecule has 0 aromatic heterocycles. The first-order chi connectivity index (χ1) is 15.3. The molecule has 0 spiro atoms. The van der Waals surface area contributed by atoms with E-state index in [4.69, 9.17) is 21.7 Å². The van der Waals surface area contributed by atoms with E-state index in [1.54, 1.807) is 0 Å². The summed E-state index contributed by atoms with van der Waals surface area (Å²) < 4.78 is 0. The molecule has 5 unspecified atom stereocenters. The van der Waals surface area contributed by atoms with Gasteiger partial charge in [-0.3, -0.25) is 19.2 Å². The number of amides is 3. The lowest BCUT2D eigenvalue weighted by atomic mass is 10.0. The Morgan fingerprint density at radius 1 is 0.848 bits per heavy atom. The zero-order valence-corrected chi connectivity index (χ0v) is 19.2. The lowest BCUT2D eigenvalue weighted by Gasteiger charge is -2.26. The van der Waals surface area contributed by atoms with Gasteiger partial charge in [0.2, 0.25) is 17.7 Å². The fourth-order valence-corrected chi connectivity index (χ4v) is 2.95. The van der Waals surface area contributed by atoms with E-state index in [-0.39, 0.29) is 12.3 Å². The Morgan fingerprint density at radius 2 is 1.42 bits per heavy atom. The predicted octanol–water partition coefficient (Wildman–Crippen LogP) is -2.12. The maximum absolute atomic E-state index is 12.8. The first-order valence-corrected chi connectivity index (χ1v) is 10.8. The van der Waals surface area contributed by atoms with E-state index in [1.807, 2.05) is 13.8 Å². The van der Waals surface area contributed by atoms with Crippen molar-refractivity contribution in [3.63, 3.8) is 0 Å². The van der Waals surface area contributed by atoms with Crippen LogP contribution < -0.4 is 27.4 Å². The van der Waals surface area contributed by atoms with Crippen LogP contribution in [0, 0.1) is 5.92 Å². The highest BCUT2D eigenvalue weighted by Crippen LogP contribution is 2.06. The number of aliphatic hydroxyl groups excluding tert-OH is 1. The van der Waals surface area contributed by atoms with E-state index in [9.17, 15) is 29.1 Å². The molecule has 0 fully saturated rings. The van der Waals surface area contributed by atoms with Crippen LogP contribution in [0.15, 0.2) is 0 Å². The van der Waals surface area contributed by atoms with Gasteiger partial charge in [-0.1, -0.05) is 13.8 Å². The van der Waals surface area contributed by atoms with Crippen molar-refractivity contribution in [2.24, 2.45) is 17.4 Å². The smallest absolute Gasteiger partial charge is 0.326 e. The summed E-state index contributed by atoms with van der Waals surface area (Å²) in [5.74, 6) is -5.31. The zero-order chi connectivity index (χ0) is 25.7. The highest BCUT2D eigenvalue weighted by atomic mass is 16.4. The standard InChI is InChI=1S/C20H37N5O8/c1-10(2)8-12(22)17(29)25-16(11(3)26)19(31)23-13(6-4-5-7-21)18(30)24-14(20(32)33)9-15(27)28/h10-14,16,26H,4-9,21-22H2,1-3H3,(H,23,31)(H,24,30)(H,25,29)(H,27,28)(H,32,33). The van der Waals surface area contributed by atoms with Crippen LogP contribution >= 0.6 is 0 Å². The summed E-state index contributed by atoms with van der Waals surface area (Å²) in [6.45, 7) is 5.32. The molecule has 0 bridgehead atoms. The first kappa shape index (κ1) is 30.2. The summed E-state index contributed by atoms with van der Waals surface area (Å²) in [4.78, 5) is 59.8. The van der Waals surface area contributed by atoms with Crippen molar-refractivity contribution in [1.29, 1.82) is 0 Å². The largest absolute Gasteiger partial charge is 0.481 e. The van der Waals surface area contributed by atoms with Crippen LogP contribution in [0.4, 0.5) is 0 Å². The van der Waals surface area contributed by atoms with Crippen LogP contribution in [0.1, 0.15) is 52.9 Å². The molecule has 10 N–H and O–H groups in total. The van der Waals surface area contributed by atoms with E-state index in [2.05, 4.69) is 16.0 Å². The number of hydrogen-bond acceptors (Lipinski definition) is 8. The molecule has 0 aromatic rings. The molecule has 0 rings (SSSR count). The van der Waals surface area contributed by atoms with Crippen molar-refractivity contribution in [1.82, 2.24) is 16.0 Å². The average molecular weight is 476 g/mol. The van der Waals surface area contributed by atoms with Gasteiger partial charge in [0.15, 0.2) is 0 Å². The molecule has 0 aliphatic carbocycles. The third kappa shape index (κ3) is 12.2. The molecule has 0 radical (unpaired) electrons. The molecule has 5 atom stereocenters. The predicted molar refractivity (Wildman–Crippen MR) is 118 cm³/mol. The van der Waals surface area contributed by atoms with Crippen LogP contribution in [0.25, 0.3) is 0 Å². The normalized spacial score (nSPS) is 15.6. The number of aliphatic carboxylic acids is 2. The minimum absolute atomic E-state index is 0.0710. The fraction of sp³-hybridized carbons (Fsp3) is 0.750. The van der Waals surface area contributed by atoms with Gasteiger partial charge in [-0.2, -0.15) is 0 Å². The number of carbonyl (C=O) groups excluding carboxylic acids is 3. The number of nitrogens with one attached hydrogen (secondary N) is 3. The molecule has 0 aromatic carbocycles. The number of rotatable bonds is 16. The lowest BCUT2D eigenvalue weighted by Crippen LogP contribution is -2.59. The second-order valence-electron chi connectivity index (χ2n) is 8.31. The molecule has 190 valence electrons. The maximum atomic E-state index is 12.8.